The predicted molar refractivity (Wildman–Crippen MR) is 488 cm³/mol. The van der Waals surface area contributed by atoms with Crippen LogP contribution in [0.4, 0.5) is 17.6 Å². The molecule has 7 heterocycles. The molecule has 0 N–H and O–H groups in total. The molecule has 2 unspecified atom stereocenters. The van der Waals surface area contributed by atoms with Crippen molar-refractivity contribution in [2.45, 2.75) is 337 Å². The number of Topliss-reactive ketones (excluding diaryl/α,β-unsaturated/α-hetero) is 2. The average Bonchev–Trinajstić information content (AvgIpc) is 1.50. The molecule has 0 spiro atoms. The molecule has 0 saturated heterocycles. The average molecular weight is 1680 g/mol. The second-order valence-corrected chi connectivity index (χ2v) is 38.1. The lowest BCUT2D eigenvalue weighted by Crippen LogP contribution is -2.14. The predicted octanol–water partition coefficient (Wildman–Crippen LogP) is 32.7. The molecule has 0 saturated carbocycles. The fourth-order valence-corrected chi connectivity index (χ4v) is 25.1. The van der Waals surface area contributed by atoms with E-state index in [-0.39, 0.29) is 55.9 Å². The summed E-state index contributed by atoms with van der Waals surface area (Å²) in [7, 11) is 0. The van der Waals surface area contributed by atoms with Crippen molar-refractivity contribution in [3.05, 3.63) is 136 Å². The lowest BCUT2D eigenvalue weighted by molar-refractivity contribution is 0.103. The Bertz CT molecular complexity index is 5130. The highest BCUT2D eigenvalue weighted by Crippen LogP contribution is 2.57. The van der Waals surface area contributed by atoms with E-state index in [1.165, 1.54) is 147 Å². The first kappa shape index (κ1) is 88.7. The van der Waals surface area contributed by atoms with E-state index in [0.717, 1.165) is 265 Å². The van der Waals surface area contributed by atoms with Crippen LogP contribution < -0.4 is 0 Å². The van der Waals surface area contributed by atoms with Crippen LogP contribution >= 0.6 is 57.1 Å². The number of hydrogen-bond donors (Lipinski definition) is 0. The number of nitriles is 2. The monoisotopic (exact) mass is 1670 g/mol. The molecule has 2 aliphatic rings. The van der Waals surface area contributed by atoms with Gasteiger partial charge < -0.3 is 9.13 Å². The molecule has 10 aromatic rings. The summed E-state index contributed by atoms with van der Waals surface area (Å²) in [5.41, 5.74) is 8.24. The van der Waals surface area contributed by atoms with Crippen LogP contribution in [0.2, 0.25) is 0 Å². The van der Waals surface area contributed by atoms with Gasteiger partial charge in [0.2, 0.25) is 0 Å². The van der Waals surface area contributed by atoms with Crippen LogP contribution in [0, 0.1) is 70.9 Å². The number of unbranched alkanes of at least 4 members (excludes halogenated alkanes) is 32. The number of nitrogens with zero attached hydrogens (tertiary/aromatic N) is 8. The molecule has 2 atom stereocenters. The Balaban J connectivity index is 1.17. The minimum absolute atomic E-state index is 0.0207. The second kappa shape index (κ2) is 43.6. The zero-order valence-corrected chi connectivity index (χ0v) is 74.2. The van der Waals surface area contributed by atoms with E-state index in [2.05, 4.69) is 60.4 Å². The van der Waals surface area contributed by atoms with Crippen molar-refractivity contribution in [2.75, 3.05) is 0 Å². The summed E-state index contributed by atoms with van der Waals surface area (Å²) in [5.74, 6) is -5.54. The summed E-state index contributed by atoms with van der Waals surface area (Å²) in [6, 6.07) is 7.78. The van der Waals surface area contributed by atoms with Crippen molar-refractivity contribution in [1.82, 2.24) is 17.9 Å². The number of rotatable bonds is 50. The van der Waals surface area contributed by atoms with Gasteiger partial charge in [-0.1, -0.05) is 273 Å². The number of allylic oxidation sites excluding steroid dienone is 5. The normalized spacial score (nSPS) is 14.2. The molecule has 10 nitrogen and oxygen atoms in total. The topological polar surface area (TPSA) is 126 Å². The van der Waals surface area contributed by atoms with E-state index in [4.69, 9.17) is 21.9 Å². The molecule has 0 fully saturated rings. The third kappa shape index (κ3) is 19.9. The van der Waals surface area contributed by atoms with Crippen LogP contribution in [0.3, 0.4) is 0 Å². The number of halogens is 4. The first-order valence-corrected chi connectivity index (χ1v) is 48.8. The number of hydrogen-bond acceptors (Lipinski definition) is 11. The molecule has 0 bridgehead atoms. The van der Waals surface area contributed by atoms with Gasteiger partial charge in [0.25, 0.3) is 0 Å². The van der Waals surface area contributed by atoms with E-state index < -0.39 is 34.8 Å². The summed E-state index contributed by atoms with van der Waals surface area (Å²) in [6.45, 7) is 31.6. The first-order chi connectivity index (χ1) is 57.2. The molecule has 620 valence electrons. The number of carbonyl (C=O) groups excluding carboxylic acids is 2. The van der Waals surface area contributed by atoms with Crippen LogP contribution in [0.15, 0.2) is 46.8 Å². The van der Waals surface area contributed by atoms with E-state index in [1.54, 1.807) is 45.3 Å². The number of aromatic nitrogens is 4. The molecule has 0 aliphatic heterocycles. The Morgan fingerprint density at radius 3 is 1.06 bits per heavy atom. The largest absolute Gasteiger partial charge is 0.528 e. The SMILES string of the molecule is [C-]#[N+]C([N+]#[C-])=C1/C(=C/c2sc3c(sc4c5c6nsnc6c6c7sc8c(CCCCCCCCCCC)c(/C=C9\C(=O)c%10cc(F)c(F)cc%10C9=C(C#N)C#N)sc8c7n(CC(CCCCCC)CCCCCCCC)c6c5n(CC(CCCCCC)CCCCCCCC)c34)c2CCCCCCCCCCC)C(=O)c2cc(F)c(F)cc21. The maximum atomic E-state index is 15.5. The summed E-state index contributed by atoms with van der Waals surface area (Å²) >= 11 is 8.13. The molecular weight excluding hydrogens is 1560 g/mol. The maximum Gasteiger partial charge on any atom is 0.528 e. The van der Waals surface area contributed by atoms with E-state index in [1.807, 2.05) is 24.3 Å². The van der Waals surface area contributed by atoms with Crippen molar-refractivity contribution >= 4 is 164 Å². The number of thiophene rings is 4. The highest BCUT2D eigenvalue weighted by Gasteiger charge is 2.40. The van der Waals surface area contributed by atoms with Crippen molar-refractivity contribution in [1.29, 1.82) is 10.5 Å². The van der Waals surface area contributed by atoms with Gasteiger partial charge in [-0.15, -0.1) is 45.3 Å². The summed E-state index contributed by atoms with van der Waals surface area (Å²) in [6.07, 6.45) is 53.1. The van der Waals surface area contributed by atoms with E-state index in [9.17, 15) is 10.5 Å². The molecule has 7 aromatic heterocycles. The molecule has 19 heteroatoms. The van der Waals surface area contributed by atoms with Gasteiger partial charge in [0.05, 0.1) is 67.6 Å². The number of ketones is 2. The Labute approximate surface area is 711 Å². The van der Waals surface area contributed by atoms with Crippen molar-refractivity contribution in [3.63, 3.8) is 0 Å². The van der Waals surface area contributed by atoms with Gasteiger partial charge in [-0.2, -0.15) is 29.0 Å². The van der Waals surface area contributed by atoms with Gasteiger partial charge in [-0.3, -0.25) is 9.59 Å². The van der Waals surface area contributed by atoms with Gasteiger partial charge in [-0.05, 0) is 122 Å². The molecule has 12 rings (SSSR count). The number of fused-ring (bicyclic) bond motifs is 16. The Morgan fingerprint density at radius 1 is 0.410 bits per heavy atom. The van der Waals surface area contributed by atoms with Crippen molar-refractivity contribution < 1.29 is 27.2 Å². The minimum atomic E-state index is -1.18. The fraction of sp³-hybridized carbons (Fsp3) is 0.551. The van der Waals surface area contributed by atoms with Gasteiger partial charge in [0.1, 0.15) is 41.9 Å². The van der Waals surface area contributed by atoms with Crippen LogP contribution in [-0.2, 0) is 25.9 Å². The third-order valence-corrected chi connectivity index (χ3v) is 30.6. The van der Waals surface area contributed by atoms with Crippen LogP contribution in [-0.4, -0.2) is 29.4 Å². The molecule has 0 amide bonds. The van der Waals surface area contributed by atoms with Crippen LogP contribution in [0.1, 0.15) is 364 Å². The third-order valence-electron chi connectivity index (χ3n) is 24.9. The lowest BCUT2D eigenvalue weighted by Gasteiger charge is -2.22. The van der Waals surface area contributed by atoms with Gasteiger partial charge >= 0.3 is 5.82 Å². The number of carbonyl (C=O) groups is 2. The summed E-state index contributed by atoms with van der Waals surface area (Å²) < 4.78 is 84.8. The summed E-state index contributed by atoms with van der Waals surface area (Å²) in [4.78, 5) is 39.0. The standard InChI is InChI=1S/C98H118F4N8O2S5/c1-9-15-21-27-31-33-35-39-45-51-66-78(57-72-80(65(59-103)60-104)68-53-74(99)76(101)55-70(68)90(72)111)113-96-88-94(115-92(66)96)82-84-85(108-117-107-84)83-87(86(82)109(88)61-63(47-41-25-19-13-5)49-43-37-29-23-17-11-3)110(62-64(48-42-26-20-14-6)50-44-38-30-24-18-12-4)89-95(83)116-93-67(52-46-40-36-34-32-28-22-16-10-2)79(114-97(89)93)58-73-81(98(105-7)106-8)69-54-75(100)77(102)56-71(69)91(73)112/h53-58,63-64H,9-52,61-62H2,1-6H3/b72-57-,73-58-. The molecule has 117 heavy (non-hydrogen) atoms. The first-order valence-electron chi connectivity index (χ1n) is 44.8. The number of benzene rings is 3. The lowest BCUT2D eigenvalue weighted by atomic mass is 9.93. The fourth-order valence-electron chi connectivity index (χ4n) is 18.6. The molecule has 3 aromatic carbocycles. The summed E-state index contributed by atoms with van der Waals surface area (Å²) in [5, 5.41) is 23.4. The Hall–Kier alpha value is -7.62. The zero-order chi connectivity index (χ0) is 82.5. The highest BCUT2D eigenvalue weighted by atomic mass is 32.1. The van der Waals surface area contributed by atoms with Crippen molar-refractivity contribution in [3.8, 4) is 12.1 Å². The number of aryl methyl sites for hydroxylation is 2. The minimum Gasteiger partial charge on any atom is -0.337 e. The van der Waals surface area contributed by atoms with Crippen molar-refractivity contribution in [2.24, 2.45) is 11.8 Å². The quantitative estimate of drug-likeness (QED) is 0.0123. The zero-order valence-electron chi connectivity index (χ0n) is 70.1. The van der Waals surface area contributed by atoms with Gasteiger partial charge in [0, 0.05) is 61.5 Å². The van der Waals surface area contributed by atoms with Gasteiger partial charge in [0.15, 0.2) is 34.8 Å². The Morgan fingerprint density at radius 2 is 0.718 bits per heavy atom. The maximum absolute atomic E-state index is 15.5. The van der Waals surface area contributed by atoms with E-state index >= 15 is 27.2 Å². The van der Waals surface area contributed by atoms with E-state index in [0.29, 0.717) is 24.7 Å². The van der Waals surface area contributed by atoms with Crippen LogP contribution in [0.5, 0.6) is 0 Å². The van der Waals surface area contributed by atoms with Crippen LogP contribution in [0.25, 0.3) is 105 Å². The molecule has 0 radical (unpaired) electrons. The highest BCUT2D eigenvalue weighted by molar-refractivity contribution is 7.34. The van der Waals surface area contributed by atoms with Gasteiger partial charge in [-0.25, -0.2) is 17.6 Å². The Kier molecular flexibility index (Phi) is 33.0. The molecule has 2 aliphatic carbocycles. The second-order valence-electron chi connectivity index (χ2n) is 33.4. The molecular formula is C98H118F4N8O2S5. The smallest absolute Gasteiger partial charge is 0.337 e.